The maximum absolute atomic E-state index is 12.7. The largest absolute Gasteiger partial charge is 0.513 e. The molecule has 1 unspecified atom stereocenters. The van der Waals surface area contributed by atoms with E-state index in [-0.39, 0.29) is 5.53 Å². The van der Waals surface area contributed by atoms with Gasteiger partial charge in [-0.1, -0.05) is 6.92 Å². The molecule has 0 aromatic rings. The SMILES string of the molecule is CCC1CS(=O)(=O)N(S(=O)(=O)C(F)(F)F)NN(S(=O)(=O)C(F)(F)F)S1(=O)=O. The Kier molecular flexibility index (Phi) is 5.99. The highest BCUT2D eigenvalue weighted by Crippen LogP contribution is 2.34. The van der Waals surface area contributed by atoms with E-state index < -0.39 is 76.2 Å². The molecule has 1 atom stereocenters. The van der Waals surface area contributed by atoms with Gasteiger partial charge in [0.05, 0.1) is 11.0 Å². The van der Waals surface area contributed by atoms with Crippen LogP contribution in [0.2, 0.25) is 0 Å². The number of rotatable bonds is 3. The highest BCUT2D eigenvalue weighted by atomic mass is 32.3. The van der Waals surface area contributed by atoms with E-state index in [1.165, 1.54) is 0 Å². The Hall–Kier alpha value is -0.740. The Balaban J connectivity index is 3.90. The van der Waals surface area contributed by atoms with Crippen molar-refractivity contribution in [1.82, 2.24) is 13.2 Å². The first-order valence-electron chi connectivity index (χ1n) is 6.10. The molecule has 1 aliphatic heterocycles. The first-order valence-corrected chi connectivity index (χ1v) is 12.1. The molecule has 1 aliphatic rings. The molecular weight excluding hydrogens is 484 g/mol. The highest BCUT2D eigenvalue weighted by molar-refractivity contribution is 8.07. The fourth-order valence-electron chi connectivity index (χ4n) is 1.62. The zero-order chi connectivity index (χ0) is 21.9. The minimum absolute atomic E-state index is 0.229. The maximum Gasteiger partial charge on any atom is 0.513 e. The zero-order valence-corrected chi connectivity index (χ0v) is 15.8. The first kappa shape index (κ1) is 24.3. The van der Waals surface area contributed by atoms with Gasteiger partial charge < -0.3 is 0 Å². The van der Waals surface area contributed by atoms with Crippen molar-refractivity contribution in [3.63, 3.8) is 0 Å². The topological polar surface area (TPSA) is 155 Å². The van der Waals surface area contributed by atoms with E-state index in [4.69, 9.17) is 0 Å². The molecule has 0 radical (unpaired) electrons. The fourth-order valence-corrected chi connectivity index (χ4v) is 9.06. The molecule has 0 aromatic carbocycles. The van der Waals surface area contributed by atoms with E-state index in [0.717, 1.165) is 6.92 Å². The van der Waals surface area contributed by atoms with Gasteiger partial charge in [-0.15, -0.1) is 5.53 Å². The normalized spacial score (nSPS) is 25.8. The molecule has 1 saturated heterocycles. The summed E-state index contributed by atoms with van der Waals surface area (Å²) in [7, 11) is -25.8. The van der Waals surface area contributed by atoms with Crippen LogP contribution in [-0.4, -0.2) is 63.3 Å². The second-order valence-electron chi connectivity index (χ2n) is 4.75. The summed E-state index contributed by atoms with van der Waals surface area (Å²) in [6.45, 7) is 0.865. The summed E-state index contributed by atoms with van der Waals surface area (Å²) >= 11 is 0. The molecule has 0 aromatic heterocycles. The molecule has 0 saturated carbocycles. The fraction of sp³-hybridized carbons (Fsp3) is 1.00. The number of halogens is 6. The van der Waals surface area contributed by atoms with Crippen molar-refractivity contribution in [3.05, 3.63) is 0 Å². The van der Waals surface area contributed by atoms with Crippen molar-refractivity contribution < 1.29 is 60.0 Å². The van der Waals surface area contributed by atoms with E-state index in [1.807, 2.05) is 0 Å². The number of hydrogen-bond donors (Lipinski definition) is 1. The minimum atomic E-state index is -7.07. The molecule has 0 amide bonds. The molecule has 1 rings (SSSR count). The molecule has 1 N–H and O–H groups in total. The molecule has 0 spiro atoms. The Labute approximate surface area is 149 Å². The Morgan fingerprint density at radius 3 is 1.59 bits per heavy atom. The van der Waals surface area contributed by atoms with Crippen LogP contribution in [-0.2, 0) is 40.1 Å². The maximum atomic E-state index is 12.7. The third-order valence-corrected chi connectivity index (χ3v) is 11.1. The van der Waals surface area contributed by atoms with E-state index in [9.17, 15) is 60.0 Å². The van der Waals surface area contributed by atoms with Crippen molar-refractivity contribution >= 4 is 40.1 Å². The lowest BCUT2D eigenvalue weighted by Gasteiger charge is -2.26. The average molecular weight is 493 g/mol. The predicted molar refractivity (Wildman–Crippen MR) is 73.5 cm³/mol. The van der Waals surface area contributed by atoms with E-state index in [2.05, 4.69) is 0 Å². The lowest BCUT2D eigenvalue weighted by Crippen LogP contribution is -2.60. The Morgan fingerprint density at radius 2 is 1.26 bits per heavy atom. The van der Waals surface area contributed by atoms with Gasteiger partial charge in [0, 0.05) is 0 Å². The smallest absolute Gasteiger partial charge is 0.210 e. The lowest BCUT2D eigenvalue weighted by atomic mass is 10.4. The molecule has 0 bridgehead atoms. The van der Waals surface area contributed by atoms with Gasteiger partial charge in [-0.05, 0) is 14.1 Å². The standard InChI is InChI=1S/C6H9F6N3O8S4/c1-2-4-3-24(16,17)14(26(20,21)5(7,8)9)13-15(25(4,18)19)27(22,23)6(10,11)12/h4,13H,2-3H2,1H3. The summed E-state index contributed by atoms with van der Waals surface area (Å²) in [6.07, 6.45) is -0.882. The molecule has 162 valence electrons. The number of hydrogen-bond acceptors (Lipinski definition) is 9. The van der Waals surface area contributed by atoms with Gasteiger partial charge in [0.25, 0.3) is 0 Å². The van der Waals surface area contributed by atoms with Gasteiger partial charge in [0.2, 0.25) is 20.0 Å². The van der Waals surface area contributed by atoms with E-state index >= 15 is 0 Å². The van der Waals surface area contributed by atoms with Crippen LogP contribution in [0.25, 0.3) is 0 Å². The predicted octanol–water partition coefficient (Wildman–Crippen LogP) is -0.839. The van der Waals surface area contributed by atoms with Crippen LogP contribution in [0.1, 0.15) is 13.3 Å². The number of nitrogens with zero attached hydrogens (tertiary/aromatic N) is 2. The average Bonchev–Trinajstić information content (AvgIpc) is 2.48. The summed E-state index contributed by atoms with van der Waals surface area (Å²) < 4.78 is 166. The second-order valence-corrected chi connectivity index (χ2v) is 12.7. The van der Waals surface area contributed by atoms with Crippen molar-refractivity contribution in [1.29, 1.82) is 0 Å². The molecule has 27 heavy (non-hydrogen) atoms. The molecule has 11 nitrogen and oxygen atoms in total. The van der Waals surface area contributed by atoms with Crippen molar-refractivity contribution in [2.24, 2.45) is 0 Å². The third-order valence-electron chi connectivity index (χ3n) is 2.94. The number of hydrazine groups is 2. The Bertz CT molecular complexity index is 1010. The molecule has 0 aliphatic carbocycles. The van der Waals surface area contributed by atoms with Crippen LogP contribution in [0.15, 0.2) is 0 Å². The Morgan fingerprint density at radius 1 is 0.889 bits per heavy atom. The summed E-state index contributed by atoms with van der Waals surface area (Å²) in [5, 5.41) is -2.51. The summed E-state index contributed by atoms with van der Waals surface area (Å²) in [5.74, 6) is -1.95. The van der Waals surface area contributed by atoms with Crippen molar-refractivity contribution in [3.8, 4) is 0 Å². The van der Waals surface area contributed by atoms with Gasteiger partial charge >= 0.3 is 31.1 Å². The molecule has 21 heteroatoms. The number of alkyl halides is 6. The highest BCUT2D eigenvalue weighted by Gasteiger charge is 2.63. The molecular formula is C6H9F6N3O8S4. The third kappa shape index (κ3) is 4.03. The monoisotopic (exact) mass is 493 g/mol. The molecule has 1 fully saturated rings. The van der Waals surface area contributed by atoms with Gasteiger partial charge in [0.1, 0.15) is 0 Å². The van der Waals surface area contributed by atoms with Crippen LogP contribution >= 0.6 is 0 Å². The van der Waals surface area contributed by atoms with Crippen LogP contribution in [0.5, 0.6) is 0 Å². The van der Waals surface area contributed by atoms with Crippen LogP contribution in [0.3, 0.4) is 0 Å². The number of nitrogens with one attached hydrogen (secondary N) is 1. The zero-order valence-electron chi connectivity index (χ0n) is 12.6. The summed E-state index contributed by atoms with van der Waals surface area (Å²) in [4.78, 5) is 0. The van der Waals surface area contributed by atoms with Gasteiger partial charge in [-0.3, -0.25) is 0 Å². The van der Waals surface area contributed by atoms with Crippen LogP contribution in [0, 0.1) is 0 Å². The first-order chi connectivity index (χ1) is 11.6. The van der Waals surface area contributed by atoms with Crippen molar-refractivity contribution in [2.75, 3.05) is 5.75 Å². The molecule has 1 heterocycles. The second kappa shape index (κ2) is 6.66. The van der Waals surface area contributed by atoms with Gasteiger partial charge in [-0.2, -0.15) is 26.3 Å². The number of sulfonamides is 4. The van der Waals surface area contributed by atoms with Crippen LogP contribution in [0.4, 0.5) is 26.3 Å². The van der Waals surface area contributed by atoms with E-state index in [0.29, 0.717) is 0 Å². The van der Waals surface area contributed by atoms with Gasteiger partial charge in [-0.25, -0.2) is 33.7 Å². The quantitative estimate of drug-likeness (QED) is 0.496. The summed E-state index contributed by atoms with van der Waals surface area (Å²) in [5.41, 5.74) is -12.6. The van der Waals surface area contributed by atoms with Gasteiger partial charge in [0.15, 0.2) is 0 Å². The summed E-state index contributed by atoms with van der Waals surface area (Å²) in [6, 6.07) is 0. The van der Waals surface area contributed by atoms with E-state index in [1.54, 1.807) is 0 Å². The van der Waals surface area contributed by atoms with Crippen LogP contribution < -0.4 is 5.53 Å². The lowest BCUT2D eigenvalue weighted by molar-refractivity contribution is -0.0513. The van der Waals surface area contributed by atoms with Crippen molar-refractivity contribution in [2.45, 2.75) is 29.6 Å². The minimum Gasteiger partial charge on any atom is -0.210 e.